The molecule has 0 spiro atoms. The van der Waals surface area contributed by atoms with Gasteiger partial charge in [-0.3, -0.25) is 0 Å². The lowest BCUT2D eigenvalue weighted by Gasteiger charge is -2.07. The van der Waals surface area contributed by atoms with Gasteiger partial charge in [0.25, 0.3) is 0 Å². The lowest BCUT2D eigenvalue weighted by molar-refractivity contribution is 0.597. The van der Waals surface area contributed by atoms with Gasteiger partial charge >= 0.3 is 0 Å². The second-order valence-corrected chi connectivity index (χ2v) is 7.74. The van der Waals surface area contributed by atoms with Crippen molar-refractivity contribution in [3.63, 3.8) is 0 Å². The van der Waals surface area contributed by atoms with Gasteiger partial charge in [0.15, 0.2) is 0 Å². The van der Waals surface area contributed by atoms with Gasteiger partial charge in [-0.15, -0.1) is 12.4 Å². The highest BCUT2D eigenvalue weighted by atomic mass is 35.5. The van der Waals surface area contributed by atoms with E-state index < -0.39 is 10.0 Å². The molecule has 3 rings (SSSR count). The molecular weight excluding hydrogens is 380 g/mol. The number of nitrogens with one attached hydrogen (secondary N) is 1. The van der Waals surface area contributed by atoms with E-state index in [0.29, 0.717) is 0 Å². The van der Waals surface area contributed by atoms with Crippen LogP contribution < -0.4 is 10.5 Å². The molecule has 0 aliphatic heterocycles. The standard InChI is InChI=1S/C21H22N2O2S.ClH/c22-26(24,25)21-12-8-17(9-13-21)14-15-23-16-18-6-10-20(11-7-18)19-4-2-1-3-5-19;/h1-13,23H,14-16H2,(H2,22,24,25);1H. The van der Waals surface area contributed by atoms with E-state index >= 15 is 0 Å². The molecule has 0 unspecified atom stereocenters. The average Bonchev–Trinajstić information content (AvgIpc) is 2.66. The molecule has 0 heterocycles. The van der Waals surface area contributed by atoms with E-state index in [9.17, 15) is 8.42 Å². The molecule has 0 fully saturated rings. The summed E-state index contributed by atoms with van der Waals surface area (Å²) in [5.41, 5.74) is 4.73. The van der Waals surface area contributed by atoms with Crippen LogP contribution in [0.25, 0.3) is 11.1 Å². The minimum absolute atomic E-state index is 0. The highest BCUT2D eigenvalue weighted by Gasteiger charge is 2.06. The number of hydrogen-bond donors (Lipinski definition) is 2. The molecule has 3 N–H and O–H groups in total. The van der Waals surface area contributed by atoms with Crippen molar-refractivity contribution in [2.45, 2.75) is 17.9 Å². The summed E-state index contributed by atoms with van der Waals surface area (Å²) in [7, 11) is -3.62. The topological polar surface area (TPSA) is 72.2 Å². The largest absolute Gasteiger partial charge is 0.312 e. The van der Waals surface area contributed by atoms with Crippen LogP contribution in [0.5, 0.6) is 0 Å². The maximum atomic E-state index is 11.2. The maximum absolute atomic E-state index is 11.2. The number of halogens is 1. The van der Waals surface area contributed by atoms with Crippen LogP contribution in [0.15, 0.2) is 83.8 Å². The molecule has 0 aliphatic carbocycles. The molecule has 0 radical (unpaired) electrons. The first-order valence-electron chi connectivity index (χ1n) is 8.49. The predicted octanol–water partition coefficient (Wildman–Crippen LogP) is 3.76. The van der Waals surface area contributed by atoms with Crippen molar-refractivity contribution in [3.8, 4) is 11.1 Å². The van der Waals surface area contributed by atoms with Crippen LogP contribution in [0.4, 0.5) is 0 Å². The molecule has 0 saturated carbocycles. The van der Waals surface area contributed by atoms with E-state index in [0.717, 1.165) is 25.1 Å². The number of benzene rings is 3. The third-order valence-corrected chi connectivity index (χ3v) is 5.16. The Morgan fingerprint density at radius 3 is 1.89 bits per heavy atom. The van der Waals surface area contributed by atoms with E-state index in [2.05, 4.69) is 41.7 Å². The second kappa shape index (κ2) is 9.67. The quantitative estimate of drug-likeness (QED) is 0.591. The zero-order valence-electron chi connectivity index (χ0n) is 14.8. The smallest absolute Gasteiger partial charge is 0.238 e. The van der Waals surface area contributed by atoms with Gasteiger partial charge in [0.1, 0.15) is 0 Å². The van der Waals surface area contributed by atoms with Gasteiger partial charge in [-0.25, -0.2) is 13.6 Å². The Labute approximate surface area is 166 Å². The maximum Gasteiger partial charge on any atom is 0.238 e. The van der Waals surface area contributed by atoms with Crippen molar-refractivity contribution in [1.29, 1.82) is 0 Å². The van der Waals surface area contributed by atoms with Crippen molar-refractivity contribution in [2.75, 3.05) is 6.54 Å². The first-order chi connectivity index (χ1) is 12.5. The van der Waals surface area contributed by atoms with E-state index in [1.165, 1.54) is 16.7 Å². The fraction of sp³-hybridized carbons (Fsp3) is 0.143. The van der Waals surface area contributed by atoms with Crippen LogP contribution in [-0.2, 0) is 23.0 Å². The molecule has 0 aliphatic rings. The first kappa shape index (κ1) is 21.1. The Kier molecular flexibility index (Phi) is 7.56. The Bertz CT molecular complexity index is 942. The normalized spacial score (nSPS) is 11.0. The number of sulfonamides is 1. The van der Waals surface area contributed by atoms with Crippen LogP contribution in [0, 0.1) is 0 Å². The van der Waals surface area contributed by atoms with Gasteiger partial charge in [-0.1, -0.05) is 66.7 Å². The van der Waals surface area contributed by atoms with Crippen LogP contribution >= 0.6 is 12.4 Å². The van der Waals surface area contributed by atoms with Gasteiger partial charge in [0.2, 0.25) is 10.0 Å². The minimum atomic E-state index is -3.62. The van der Waals surface area contributed by atoms with Crippen molar-refractivity contribution >= 4 is 22.4 Å². The van der Waals surface area contributed by atoms with Crippen molar-refractivity contribution in [3.05, 3.63) is 90.0 Å². The average molecular weight is 403 g/mol. The van der Waals surface area contributed by atoms with E-state index in [1.54, 1.807) is 24.3 Å². The minimum Gasteiger partial charge on any atom is -0.312 e. The van der Waals surface area contributed by atoms with Crippen LogP contribution in [0.2, 0.25) is 0 Å². The summed E-state index contributed by atoms with van der Waals surface area (Å²) in [5, 5.41) is 8.51. The second-order valence-electron chi connectivity index (χ2n) is 6.18. The summed E-state index contributed by atoms with van der Waals surface area (Å²) in [6.45, 7) is 1.61. The number of nitrogens with two attached hydrogens (primary N) is 1. The van der Waals surface area contributed by atoms with Gasteiger partial charge in [0.05, 0.1) is 4.90 Å². The summed E-state index contributed by atoms with van der Waals surface area (Å²) in [5.74, 6) is 0. The third kappa shape index (κ3) is 6.19. The third-order valence-electron chi connectivity index (χ3n) is 4.23. The molecule has 0 amide bonds. The van der Waals surface area contributed by atoms with Crippen LogP contribution in [-0.4, -0.2) is 15.0 Å². The molecule has 4 nitrogen and oxygen atoms in total. The lowest BCUT2D eigenvalue weighted by atomic mass is 10.0. The molecule has 0 saturated heterocycles. The Balaban J connectivity index is 0.00000261. The number of hydrogen-bond acceptors (Lipinski definition) is 3. The fourth-order valence-electron chi connectivity index (χ4n) is 2.76. The predicted molar refractivity (Wildman–Crippen MR) is 112 cm³/mol. The van der Waals surface area contributed by atoms with E-state index in [-0.39, 0.29) is 17.3 Å². The van der Waals surface area contributed by atoms with Gasteiger partial charge in [-0.05, 0) is 47.4 Å². The van der Waals surface area contributed by atoms with Gasteiger partial charge < -0.3 is 5.32 Å². The molecule has 3 aromatic rings. The van der Waals surface area contributed by atoms with E-state index in [4.69, 9.17) is 5.14 Å². The van der Waals surface area contributed by atoms with Crippen LogP contribution in [0.1, 0.15) is 11.1 Å². The monoisotopic (exact) mass is 402 g/mol. The van der Waals surface area contributed by atoms with Crippen molar-refractivity contribution in [2.24, 2.45) is 5.14 Å². The molecule has 0 atom stereocenters. The number of primary sulfonamides is 1. The summed E-state index contributed by atoms with van der Waals surface area (Å²) >= 11 is 0. The van der Waals surface area contributed by atoms with Gasteiger partial charge in [-0.2, -0.15) is 0 Å². The van der Waals surface area contributed by atoms with Crippen LogP contribution in [0.3, 0.4) is 0 Å². The Morgan fingerprint density at radius 2 is 1.30 bits per heavy atom. The zero-order valence-corrected chi connectivity index (χ0v) is 16.5. The molecule has 142 valence electrons. The SMILES string of the molecule is Cl.NS(=O)(=O)c1ccc(CCNCc2ccc(-c3ccccc3)cc2)cc1. The molecule has 0 bridgehead atoms. The van der Waals surface area contributed by atoms with E-state index in [1.807, 2.05) is 18.2 Å². The fourth-order valence-corrected chi connectivity index (χ4v) is 3.27. The van der Waals surface area contributed by atoms with Crippen molar-refractivity contribution in [1.82, 2.24) is 5.32 Å². The summed E-state index contributed by atoms with van der Waals surface area (Å²) in [6, 6.07) is 25.6. The summed E-state index contributed by atoms with van der Waals surface area (Å²) in [4.78, 5) is 0.146. The molecule has 0 aromatic heterocycles. The molecule has 27 heavy (non-hydrogen) atoms. The first-order valence-corrected chi connectivity index (χ1v) is 10.0. The molecule has 6 heteroatoms. The van der Waals surface area contributed by atoms with Crippen molar-refractivity contribution < 1.29 is 8.42 Å². The number of rotatable bonds is 7. The molecule has 3 aromatic carbocycles. The highest BCUT2D eigenvalue weighted by Crippen LogP contribution is 2.19. The Morgan fingerprint density at radius 1 is 0.741 bits per heavy atom. The lowest BCUT2D eigenvalue weighted by Crippen LogP contribution is -2.17. The Hall–Kier alpha value is -2.18. The van der Waals surface area contributed by atoms with Gasteiger partial charge in [0, 0.05) is 6.54 Å². The molecular formula is C21H23ClN2O2S. The zero-order chi connectivity index (χ0) is 18.4. The summed E-state index contributed by atoms with van der Waals surface area (Å²) in [6.07, 6.45) is 0.826. The summed E-state index contributed by atoms with van der Waals surface area (Å²) < 4.78 is 22.5. The highest BCUT2D eigenvalue weighted by molar-refractivity contribution is 7.89.